The molecule has 4 aromatic rings. The summed E-state index contributed by atoms with van der Waals surface area (Å²) in [6.45, 7) is 14.9. The molecule has 0 aromatic heterocycles. The Balaban J connectivity index is 0.000000288. The Morgan fingerprint density at radius 1 is 0.686 bits per heavy atom. The van der Waals surface area contributed by atoms with Gasteiger partial charge in [0, 0.05) is 11.6 Å². The van der Waals surface area contributed by atoms with Crippen LogP contribution in [0.2, 0.25) is 0 Å². The van der Waals surface area contributed by atoms with E-state index in [0.717, 1.165) is 30.3 Å². The summed E-state index contributed by atoms with van der Waals surface area (Å²) in [6.07, 6.45) is 2.25. The van der Waals surface area contributed by atoms with Crippen LogP contribution < -0.4 is 5.73 Å². The van der Waals surface area contributed by atoms with Gasteiger partial charge in [0.15, 0.2) is 0 Å². The van der Waals surface area contributed by atoms with Gasteiger partial charge in [0.2, 0.25) is 0 Å². The summed E-state index contributed by atoms with van der Waals surface area (Å²) in [6, 6.07) is 32.2. The van der Waals surface area contributed by atoms with Crippen LogP contribution in [0.4, 0.5) is 0 Å². The molecule has 272 valence electrons. The summed E-state index contributed by atoms with van der Waals surface area (Å²) in [5.41, 5.74) is 14.4. The fourth-order valence-electron chi connectivity index (χ4n) is 4.95. The van der Waals surface area contributed by atoms with Crippen LogP contribution in [0, 0.1) is 13.8 Å². The van der Waals surface area contributed by atoms with Crippen molar-refractivity contribution in [3.63, 3.8) is 0 Å². The van der Waals surface area contributed by atoms with Crippen molar-refractivity contribution in [2.24, 2.45) is 5.73 Å². The molecule has 8 heteroatoms. The fourth-order valence-corrected chi connectivity index (χ4v) is 4.95. The number of aldehydes is 1. The largest absolute Gasteiger partial charge is 0.481 e. The second-order valence-electron chi connectivity index (χ2n) is 14.4. The molecule has 51 heavy (non-hydrogen) atoms. The third-order valence-corrected chi connectivity index (χ3v) is 7.30. The van der Waals surface area contributed by atoms with Gasteiger partial charge in [-0.1, -0.05) is 91.0 Å². The zero-order valence-electron chi connectivity index (χ0n) is 31.2. The quantitative estimate of drug-likeness (QED) is 0.0959. The molecule has 0 fully saturated rings. The molecule has 0 amide bonds. The zero-order valence-corrected chi connectivity index (χ0v) is 31.2. The molecular weight excluding hydrogens is 642 g/mol. The first-order valence-electron chi connectivity index (χ1n) is 17.0. The van der Waals surface area contributed by atoms with Gasteiger partial charge in [-0.05, 0) is 113 Å². The highest BCUT2D eigenvalue weighted by molar-refractivity contribution is 5.90. The molecule has 0 aliphatic rings. The Kier molecular flexibility index (Phi) is 16.5. The van der Waals surface area contributed by atoms with Gasteiger partial charge in [-0.2, -0.15) is 0 Å². The van der Waals surface area contributed by atoms with E-state index in [2.05, 4.69) is 62.4 Å². The third-order valence-electron chi connectivity index (χ3n) is 7.30. The summed E-state index contributed by atoms with van der Waals surface area (Å²) in [4.78, 5) is 43.3. The van der Waals surface area contributed by atoms with E-state index in [1.165, 1.54) is 33.4 Å². The summed E-state index contributed by atoms with van der Waals surface area (Å²) in [5, 5.41) is 8.18. The first kappa shape index (κ1) is 42.1. The Labute approximate surface area is 303 Å². The molecular formula is C43H53NO7. The van der Waals surface area contributed by atoms with Crippen molar-refractivity contribution < 1.29 is 33.8 Å². The Morgan fingerprint density at radius 2 is 1.16 bits per heavy atom. The number of rotatable bonds is 10. The highest BCUT2D eigenvalue weighted by Gasteiger charge is 2.20. The minimum absolute atomic E-state index is 0.186. The number of hydrogen-bond acceptors (Lipinski definition) is 7. The number of hydrogen-bond donors (Lipinski definition) is 2. The first-order chi connectivity index (χ1) is 23.8. The molecule has 0 aliphatic carbocycles. The summed E-state index contributed by atoms with van der Waals surface area (Å²) in [7, 11) is 0. The van der Waals surface area contributed by atoms with E-state index in [-0.39, 0.29) is 18.4 Å². The molecule has 4 rings (SSSR count). The highest BCUT2D eigenvalue weighted by atomic mass is 16.6. The second-order valence-corrected chi connectivity index (χ2v) is 14.4. The number of carboxylic acids is 1. The summed E-state index contributed by atoms with van der Waals surface area (Å²) in [5.74, 6) is -2.14. The van der Waals surface area contributed by atoms with Gasteiger partial charge in [0.05, 0.1) is 6.42 Å². The summed E-state index contributed by atoms with van der Waals surface area (Å²) < 4.78 is 10.1. The predicted octanol–water partition coefficient (Wildman–Crippen LogP) is 8.52. The predicted molar refractivity (Wildman–Crippen MR) is 202 cm³/mol. The number of carboxylic acid groups (broad SMARTS) is 1. The average molecular weight is 696 g/mol. The van der Waals surface area contributed by atoms with Crippen molar-refractivity contribution in [2.75, 3.05) is 0 Å². The normalized spacial score (nSPS) is 11.5. The second kappa shape index (κ2) is 19.9. The molecule has 4 aromatic carbocycles. The van der Waals surface area contributed by atoms with Gasteiger partial charge < -0.3 is 20.3 Å². The van der Waals surface area contributed by atoms with Crippen LogP contribution >= 0.6 is 0 Å². The van der Waals surface area contributed by atoms with Crippen molar-refractivity contribution in [1.82, 2.24) is 0 Å². The molecule has 0 aliphatic heterocycles. The standard InChI is InChI=1S/C21H27NO2.C15H14O.C7H12O4/c1-15-8-5-6-10-17(15)12-16-9-7-11-18(13-16)19(22)14-20(23)24-21(2,3)4;1-12-5-2-3-8-15(12)10-13-6-4-7-14(9-13)11-16;1-7(2,3)11-6(10)4-5(8)9/h5-11,13,19H,12,14,22H2,1-4H3;2-9,11H,10H2,1H3;4H2,1-3H3,(H,8,9). The van der Waals surface area contributed by atoms with Gasteiger partial charge in [0.25, 0.3) is 0 Å². The van der Waals surface area contributed by atoms with E-state index in [9.17, 15) is 19.2 Å². The molecule has 1 unspecified atom stereocenters. The minimum Gasteiger partial charge on any atom is -0.481 e. The van der Waals surface area contributed by atoms with E-state index in [1.54, 1.807) is 20.8 Å². The molecule has 0 spiro atoms. The van der Waals surface area contributed by atoms with Crippen molar-refractivity contribution in [3.05, 3.63) is 142 Å². The number of nitrogens with two attached hydrogens (primary N) is 1. The summed E-state index contributed by atoms with van der Waals surface area (Å²) >= 11 is 0. The molecule has 0 saturated heterocycles. The number of ether oxygens (including phenoxy) is 2. The van der Waals surface area contributed by atoms with E-state index in [4.69, 9.17) is 20.3 Å². The number of aliphatic carboxylic acids is 1. The molecule has 0 radical (unpaired) electrons. The Morgan fingerprint density at radius 3 is 1.63 bits per heavy atom. The maximum atomic E-state index is 12.0. The van der Waals surface area contributed by atoms with E-state index < -0.39 is 29.6 Å². The first-order valence-corrected chi connectivity index (χ1v) is 17.0. The van der Waals surface area contributed by atoms with Gasteiger partial charge >= 0.3 is 17.9 Å². The minimum atomic E-state index is -1.17. The molecule has 0 heterocycles. The van der Waals surface area contributed by atoms with Crippen molar-refractivity contribution in [2.45, 2.75) is 98.3 Å². The van der Waals surface area contributed by atoms with Gasteiger partial charge in [-0.25, -0.2) is 0 Å². The van der Waals surface area contributed by atoms with E-state index in [0.29, 0.717) is 0 Å². The van der Waals surface area contributed by atoms with Crippen LogP contribution in [-0.2, 0) is 36.7 Å². The van der Waals surface area contributed by atoms with Gasteiger partial charge in [0.1, 0.15) is 23.9 Å². The molecule has 0 saturated carbocycles. The fraction of sp³-hybridized carbons (Fsp3) is 0.349. The lowest BCUT2D eigenvalue weighted by molar-refractivity contribution is -0.160. The van der Waals surface area contributed by atoms with Crippen molar-refractivity contribution >= 4 is 24.2 Å². The SMILES string of the molecule is CC(C)(C)OC(=O)CC(=O)O.Cc1ccccc1Cc1cccc(C(N)CC(=O)OC(C)(C)C)c1.Cc1ccccc1Cc1cccc(C=O)c1. The number of benzene rings is 4. The third kappa shape index (κ3) is 17.4. The lowest BCUT2D eigenvalue weighted by Gasteiger charge is -2.21. The Hall–Kier alpha value is -5.08. The number of carbonyl (C=O) groups excluding carboxylic acids is 3. The van der Waals surface area contributed by atoms with E-state index >= 15 is 0 Å². The maximum absolute atomic E-state index is 12.0. The smallest absolute Gasteiger partial charge is 0.317 e. The monoisotopic (exact) mass is 695 g/mol. The van der Waals surface area contributed by atoms with Crippen molar-refractivity contribution in [1.29, 1.82) is 0 Å². The topological polar surface area (TPSA) is 133 Å². The zero-order chi connectivity index (χ0) is 38.2. The number of esters is 2. The Bertz CT molecular complexity index is 1750. The van der Waals surface area contributed by atoms with Crippen LogP contribution in [0.5, 0.6) is 0 Å². The molecule has 8 nitrogen and oxygen atoms in total. The number of carbonyl (C=O) groups is 4. The van der Waals surface area contributed by atoms with Crippen LogP contribution in [0.25, 0.3) is 0 Å². The molecule has 0 bridgehead atoms. The van der Waals surface area contributed by atoms with Crippen molar-refractivity contribution in [3.8, 4) is 0 Å². The molecule has 1 atom stereocenters. The van der Waals surface area contributed by atoms with Crippen LogP contribution in [0.1, 0.15) is 110 Å². The maximum Gasteiger partial charge on any atom is 0.317 e. The lowest BCUT2D eigenvalue weighted by Crippen LogP contribution is -2.26. The number of aryl methyl sites for hydroxylation is 2. The van der Waals surface area contributed by atoms with E-state index in [1.807, 2.05) is 69.3 Å². The lowest BCUT2D eigenvalue weighted by atomic mass is 9.96. The average Bonchev–Trinajstić information content (AvgIpc) is 3.02. The highest BCUT2D eigenvalue weighted by Crippen LogP contribution is 2.21. The molecule has 3 N–H and O–H groups in total. The van der Waals surface area contributed by atoms with Crippen LogP contribution in [-0.4, -0.2) is 40.5 Å². The van der Waals surface area contributed by atoms with Gasteiger partial charge in [-0.3, -0.25) is 19.2 Å². The van der Waals surface area contributed by atoms with Crippen LogP contribution in [0.15, 0.2) is 97.1 Å². The van der Waals surface area contributed by atoms with Crippen LogP contribution in [0.3, 0.4) is 0 Å². The van der Waals surface area contributed by atoms with Gasteiger partial charge in [-0.15, -0.1) is 0 Å².